The highest BCUT2D eigenvalue weighted by Crippen LogP contribution is 2.36. The Morgan fingerprint density at radius 2 is 1.52 bits per heavy atom. The van der Waals surface area contributed by atoms with Crippen LogP contribution in [0.25, 0.3) is 0 Å². The van der Waals surface area contributed by atoms with Crippen LogP contribution in [0.15, 0.2) is 24.3 Å². The second-order valence-electron chi connectivity index (χ2n) is 8.15. The zero-order chi connectivity index (χ0) is 18.8. The molecule has 1 saturated heterocycles. The zero-order valence-corrected chi connectivity index (χ0v) is 16.9. The van der Waals surface area contributed by atoms with Crippen molar-refractivity contribution in [3.05, 3.63) is 24.3 Å². The van der Waals surface area contributed by atoms with Gasteiger partial charge >= 0.3 is 7.12 Å². The first-order valence-corrected chi connectivity index (χ1v) is 9.47. The Kier molecular flexibility index (Phi) is 6.24. The SMILES string of the molecule is CCC(O)CC(CC)N(C)c1ccc(B2OC(C)(C)C(C)(C)O2)cc1. The van der Waals surface area contributed by atoms with E-state index in [1.54, 1.807) is 0 Å². The van der Waals surface area contributed by atoms with Crippen molar-refractivity contribution in [1.82, 2.24) is 0 Å². The van der Waals surface area contributed by atoms with Crippen LogP contribution in [-0.4, -0.2) is 42.6 Å². The van der Waals surface area contributed by atoms with Gasteiger partial charge < -0.3 is 19.3 Å². The van der Waals surface area contributed by atoms with Crippen molar-refractivity contribution in [2.45, 2.75) is 84.2 Å². The molecule has 1 heterocycles. The molecule has 4 nitrogen and oxygen atoms in total. The van der Waals surface area contributed by atoms with E-state index in [1.165, 1.54) is 0 Å². The number of benzene rings is 1. The smallest absolute Gasteiger partial charge is 0.399 e. The standard InChI is InChI=1S/C20H34BNO3/c1-8-16(14-18(23)9-2)22(7)17-12-10-15(11-13-17)21-24-19(3,4)20(5,6)25-21/h10-13,16,18,23H,8-9,14H2,1-7H3. The highest BCUT2D eigenvalue weighted by molar-refractivity contribution is 6.62. The molecular formula is C20H34BNO3. The maximum atomic E-state index is 9.98. The maximum absolute atomic E-state index is 9.98. The molecule has 1 fully saturated rings. The van der Waals surface area contributed by atoms with Crippen molar-refractivity contribution in [2.24, 2.45) is 0 Å². The third-order valence-corrected chi connectivity index (χ3v) is 5.86. The van der Waals surface area contributed by atoms with Crippen LogP contribution in [0.4, 0.5) is 5.69 Å². The zero-order valence-electron chi connectivity index (χ0n) is 16.9. The van der Waals surface area contributed by atoms with Gasteiger partial charge in [-0.25, -0.2) is 0 Å². The highest BCUT2D eigenvalue weighted by Gasteiger charge is 2.51. The Labute approximate surface area is 153 Å². The second-order valence-corrected chi connectivity index (χ2v) is 8.15. The Morgan fingerprint density at radius 3 is 1.96 bits per heavy atom. The fourth-order valence-corrected chi connectivity index (χ4v) is 3.14. The van der Waals surface area contributed by atoms with Crippen molar-refractivity contribution in [3.8, 4) is 0 Å². The molecule has 1 N–H and O–H groups in total. The lowest BCUT2D eigenvalue weighted by Crippen LogP contribution is -2.41. The molecule has 0 spiro atoms. The van der Waals surface area contributed by atoms with Gasteiger partial charge in [-0.2, -0.15) is 0 Å². The Bertz CT molecular complexity index is 543. The van der Waals surface area contributed by atoms with Crippen LogP contribution in [0.3, 0.4) is 0 Å². The lowest BCUT2D eigenvalue weighted by atomic mass is 9.79. The molecule has 2 unspecified atom stereocenters. The molecule has 0 saturated carbocycles. The molecular weight excluding hydrogens is 313 g/mol. The molecule has 1 aromatic carbocycles. The first kappa shape index (κ1) is 20.3. The van der Waals surface area contributed by atoms with Crippen LogP contribution in [0, 0.1) is 0 Å². The third-order valence-electron chi connectivity index (χ3n) is 5.86. The summed E-state index contributed by atoms with van der Waals surface area (Å²) in [6, 6.07) is 8.72. The predicted molar refractivity (Wildman–Crippen MR) is 106 cm³/mol. The van der Waals surface area contributed by atoms with Gasteiger partial charge in [0, 0.05) is 18.8 Å². The van der Waals surface area contributed by atoms with Crippen molar-refractivity contribution < 1.29 is 14.4 Å². The first-order valence-electron chi connectivity index (χ1n) is 9.47. The summed E-state index contributed by atoms with van der Waals surface area (Å²) in [7, 11) is 1.77. The highest BCUT2D eigenvalue weighted by atomic mass is 16.7. The van der Waals surface area contributed by atoms with Gasteiger partial charge in [0.25, 0.3) is 0 Å². The fourth-order valence-electron chi connectivity index (χ4n) is 3.14. The van der Waals surface area contributed by atoms with Gasteiger partial charge in [0.1, 0.15) is 0 Å². The van der Waals surface area contributed by atoms with Crippen molar-refractivity contribution in [1.29, 1.82) is 0 Å². The summed E-state index contributed by atoms with van der Waals surface area (Å²) in [4.78, 5) is 2.26. The molecule has 0 aliphatic carbocycles. The Hall–Kier alpha value is -1.04. The maximum Gasteiger partial charge on any atom is 0.494 e. The van der Waals surface area contributed by atoms with E-state index in [9.17, 15) is 5.11 Å². The minimum atomic E-state index is -0.326. The van der Waals surface area contributed by atoms with E-state index in [0.717, 1.165) is 30.4 Å². The van der Waals surface area contributed by atoms with E-state index < -0.39 is 0 Å². The van der Waals surface area contributed by atoms with Gasteiger partial charge in [-0.15, -0.1) is 0 Å². The van der Waals surface area contributed by atoms with E-state index in [1.807, 2.05) is 6.92 Å². The molecule has 0 bridgehead atoms. The topological polar surface area (TPSA) is 41.9 Å². The van der Waals surface area contributed by atoms with Gasteiger partial charge in [0.2, 0.25) is 0 Å². The molecule has 0 radical (unpaired) electrons. The number of aliphatic hydroxyl groups excluding tert-OH is 1. The van der Waals surface area contributed by atoms with E-state index in [2.05, 4.69) is 70.8 Å². The van der Waals surface area contributed by atoms with Crippen LogP contribution in [0.2, 0.25) is 0 Å². The number of rotatable bonds is 7. The largest absolute Gasteiger partial charge is 0.494 e. The van der Waals surface area contributed by atoms with E-state index in [0.29, 0.717) is 6.04 Å². The molecule has 0 amide bonds. The first-order chi connectivity index (χ1) is 11.6. The normalized spacial score (nSPS) is 21.2. The van der Waals surface area contributed by atoms with Gasteiger partial charge in [0.05, 0.1) is 17.3 Å². The summed E-state index contributed by atoms with van der Waals surface area (Å²) in [5.74, 6) is 0. The summed E-state index contributed by atoms with van der Waals surface area (Å²) in [6.07, 6.45) is 2.36. The lowest BCUT2D eigenvalue weighted by molar-refractivity contribution is 0.00578. The van der Waals surface area contributed by atoms with Crippen LogP contribution in [0.1, 0.15) is 60.8 Å². The van der Waals surface area contributed by atoms with Gasteiger partial charge in [-0.1, -0.05) is 26.0 Å². The van der Waals surface area contributed by atoms with E-state index in [4.69, 9.17) is 9.31 Å². The molecule has 1 aromatic rings. The van der Waals surface area contributed by atoms with Crippen LogP contribution in [-0.2, 0) is 9.31 Å². The monoisotopic (exact) mass is 347 g/mol. The fraction of sp³-hybridized carbons (Fsp3) is 0.700. The number of anilines is 1. The molecule has 5 heteroatoms. The van der Waals surface area contributed by atoms with Crippen LogP contribution in [0.5, 0.6) is 0 Å². The number of aliphatic hydroxyl groups is 1. The molecule has 2 rings (SSSR count). The van der Waals surface area contributed by atoms with Gasteiger partial charge in [0.15, 0.2) is 0 Å². The number of hydrogen-bond acceptors (Lipinski definition) is 4. The quantitative estimate of drug-likeness (QED) is 0.768. The van der Waals surface area contributed by atoms with Crippen LogP contribution < -0.4 is 10.4 Å². The van der Waals surface area contributed by atoms with Crippen LogP contribution >= 0.6 is 0 Å². The minimum absolute atomic E-state index is 0.239. The molecule has 1 aliphatic heterocycles. The summed E-state index contributed by atoms with van der Waals surface area (Å²) < 4.78 is 12.2. The van der Waals surface area contributed by atoms with Gasteiger partial charge in [-0.05, 0) is 64.6 Å². The van der Waals surface area contributed by atoms with E-state index in [-0.39, 0.29) is 24.4 Å². The summed E-state index contributed by atoms with van der Waals surface area (Å²) >= 11 is 0. The van der Waals surface area contributed by atoms with Gasteiger partial charge in [-0.3, -0.25) is 0 Å². The van der Waals surface area contributed by atoms with Crippen molar-refractivity contribution >= 4 is 18.3 Å². The average Bonchev–Trinajstić information content (AvgIpc) is 2.79. The predicted octanol–water partition coefficient (Wildman–Crippen LogP) is 3.36. The average molecular weight is 347 g/mol. The molecule has 1 aliphatic rings. The number of hydrogen-bond donors (Lipinski definition) is 1. The second kappa shape index (κ2) is 7.69. The van der Waals surface area contributed by atoms with Crippen molar-refractivity contribution in [3.63, 3.8) is 0 Å². The Morgan fingerprint density at radius 1 is 1.00 bits per heavy atom. The number of nitrogens with zero attached hydrogens (tertiary/aromatic N) is 1. The van der Waals surface area contributed by atoms with Crippen molar-refractivity contribution in [2.75, 3.05) is 11.9 Å². The third kappa shape index (κ3) is 4.39. The molecule has 140 valence electrons. The Balaban J connectivity index is 2.09. The van der Waals surface area contributed by atoms with E-state index >= 15 is 0 Å². The molecule has 0 aromatic heterocycles. The molecule has 25 heavy (non-hydrogen) atoms. The minimum Gasteiger partial charge on any atom is -0.399 e. The summed E-state index contributed by atoms with van der Waals surface area (Å²) in [6.45, 7) is 12.5. The summed E-state index contributed by atoms with van der Waals surface area (Å²) in [5.41, 5.74) is 1.54. The summed E-state index contributed by atoms with van der Waals surface area (Å²) in [5, 5.41) is 9.98. The molecule has 2 atom stereocenters. The lowest BCUT2D eigenvalue weighted by Gasteiger charge is -2.32.